The van der Waals surface area contributed by atoms with E-state index < -0.39 is 0 Å². The molecule has 1 aliphatic rings. The van der Waals surface area contributed by atoms with Gasteiger partial charge in [0.1, 0.15) is 5.82 Å². The molecule has 0 saturated heterocycles. The third kappa shape index (κ3) is 1.70. The average Bonchev–Trinajstić information content (AvgIpc) is 2.50. The molecule has 1 aliphatic heterocycles. The molecular weight excluding hydrogens is 200 g/mol. The van der Waals surface area contributed by atoms with Gasteiger partial charge in [0.2, 0.25) is 5.91 Å². The molecule has 0 radical (unpaired) electrons. The van der Waals surface area contributed by atoms with Crippen molar-refractivity contribution in [3.63, 3.8) is 0 Å². The number of hydrogen-bond acceptors (Lipinski definition) is 2. The van der Waals surface area contributed by atoms with Crippen LogP contribution in [0.2, 0.25) is 0 Å². The molecule has 2 rings (SSSR count). The van der Waals surface area contributed by atoms with Gasteiger partial charge in [0.25, 0.3) is 0 Å². The lowest BCUT2D eigenvalue weighted by Gasteiger charge is -2.20. The van der Waals surface area contributed by atoms with Crippen LogP contribution in [0.3, 0.4) is 0 Å². The summed E-state index contributed by atoms with van der Waals surface area (Å²) < 4.78 is 0. The minimum absolute atomic E-state index is 0.0279. The van der Waals surface area contributed by atoms with Crippen molar-refractivity contribution >= 4 is 11.7 Å². The van der Waals surface area contributed by atoms with E-state index in [0.717, 1.165) is 17.1 Å². The molecule has 0 fully saturated rings. The highest BCUT2D eigenvalue weighted by atomic mass is 16.2. The number of fused-ring (bicyclic) bond motifs is 1. The Morgan fingerprint density at radius 3 is 2.62 bits per heavy atom. The molecule has 0 aromatic carbocycles. The second-order valence-corrected chi connectivity index (χ2v) is 5.24. The summed E-state index contributed by atoms with van der Waals surface area (Å²) in [7, 11) is 0. The molecule has 0 spiro atoms. The molecule has 1 amide bonds. The number of likely N-dealkylation sites (N-methyl/N-ethyl adjacent to an activating group) is 1. The van der Waals surface area contributed by atoms with E-state index in [1.165, 1.54) is 0 Å². The van der Waals surface area contributed by atoms with Gasteiger partial charge < -0.3 is 0 Å². The number of pyridine rings is 1. The molecule has 3 heteroatoms. The molecule has 86 valence electrons. The van der Waals surface area contributed by atoms with E-state index in [4.69, 9.17) is 0 Å². The van der Waals surface area contributed by atoms with Crippen LogP contribution in [0.5, 0.6) is 0 Å². The van der Waals surface area contributed by atoms with Crippen LogP contribution < -0.4 is 4.90 Å². The topological polar surface area (TPSA) is 33.2 Å². The van der Waals surface area contributed by atoms with Crippen LogP contribution in [0.25, 0.3) is 0 Å². The number of aromatic nitrogens is 1. The Morgan fingerprint density at radius 2 is 2.06 bits per heavy atom. The molecule has 0 aliphatic carbocycles. The first-order chi connectivity index (χ1) is 7.43. The molecule has 0 N–H and O–H groups in total. The first kappa shape index (κ1) is 11.1. The third-order valence-electron chi connectivity index (χ3n) is 2.94. The van der Waals surface area contributed by atoms with Crippen molar-refractivity contribution in [2.75, 3.05) is 11.4 Å². The van der Waals surface area contributed by atoms with E-state index >= 15 is 0 Å². The smallest absolute Gasteiger partial charge is 0.232 e. The van der Waals surface area contributed by atoms with E-state index in [0.29, 0.717) is 13.0 Å². The van der Waals surface area contributed by atoms with E-state index in [9.17, 15) is 4.79 Å². The molecule has 0 saturated carbocycles. The molecule has 1 aromatic heterocycles. The summed E-state index contributed by atoms with van der Waals surface area (Å²) in [6.45, 7) is 9.09. The predicted molar refractivity (Wildman–Crippen MR) is 64.7 cm³/mol. The summed E-state index contributed by atoms with van der Waals surface area (Å²) in [6, 6.07) is 4.07. The van der Waals surface area contributed by atoms with Gasteiger partial charge in [0, 0.05) is 23.2 Å². The number of amides is 1. The van der Waals surface area contributed by atoms with Crippen LogP contribution in [-0.2, 0) is 16.6 Å². The summed E-state index contributed by atoms with van der Waals surface area (Å²) in [4.78, 5) is 18.1. The lowest BCUT2D eigenvalue weighted by atomic mass is 9.91. The minimum atomic E-state index is 0.0279. The van der Waals surface area contributed by atoms with Gasteiger partial charge >= 0.3 is 0 Å². The van der Waals surface area contributed by atoms with Crippen molar-refractivity contribution < 1.29 is 4.79 Å². The molecule has 0 atom stereocenters. The summed E-state index contributed by atoms with van der Waals surface area (Å²) in [5.74, 6) is 1.02. The fraction of sp³-hybridized carbons (Fsp3) is 0.538. The highest BCUT2D eigenvalue weighted by molar-refractivity contribution is 6.00. The Hall–Kier alpha value is -1.38. The fourth-order valence-corrected chi connectivity index (χ4v) is 1.97. The SMILES string of the molecule is CCN1C(=O)Cc2ccc(C(C)(C)C)nc21. The van der Waals surface area contributed by atoms with Crippen molar-refractivity contribution in [1.82, 2.24) is 4.98 Å². The van der Waals surface area contributed by atoms with Crippen LogP contribution >= 0.6 is 0 Å². The Balaban J connectivity index is 2.47. The Labute approximate surface area is 96.5 Å². The number of carbonyl (C=O) groups excluding carboxylic acids is 1. The Bertz CT molecular complexity index is 432. The largest absolute Gasteiger partial charge is 0.297 e. The Kier molecular flexibility index (Phi) is 2.49. The van der Waals surface area contributed by atoms with Crippen molar-refractivity contribution in [2.24, 2.45) is 0 Å². The van der Waals surface area contributed by atoms with Gasteiger partial charge in [-0.2, -0.15) is 0 Å². The van der Waals surface area contributed by atoms with Gasteiger partial charge in [-0.3, -0.25) is 9.69 Å². The first-order valence-corrected chi connectivity index (χ1v) is 5.74. The van der Waals surface area contributed by atoms with Crippen LogP contribution in [0, 0.1) is 0 Å². The third-order valence-corrected chi connectivity index (χ3v) is 2.94. The molecule has 2 heterocycles. The normalized spacial score (nSPS) is 15.5. The van der Waals surface area contributed by atoms with E-state index in [2.05, 4.69) is 25.8 Å². The van der Waals surface area contributed by atoms with Crippen LogP contribution in [0.15, 0.2) is 12.1 Å². The van der Waals surface area contributed by atoms with Gasteiger partial charge in [-0.05, 0) is 13.0 Å². The molecule has 1 aromatic rings. The number of hydrogen-bond donors (Lipinski definition) is 0. The zero-order valence-electron chi connectivity index (χ0n) is 10.4. The number of rotatable bonds is 1. The molecule has 0 bridgehead atoms. The standard InChI is InChI=1S/C13H18N2O/c1-5-15-11(16)8-9-6-7-10(13(2,3)4)14-12(9)15/h6-7H,5,8H2,1-4H3. The van der Waals surface area contributed by atoms with Crippen LogP contribution in [0.1, 0.15) is 39.0 Å². The monoisotopic (exact) mass is 218 g/mol. The van der Waals surface area contributed by atoms with E-state index in [1.807, 2.05) is 19.1 Å². The predicted octanol–water partition coefficient (Wildman–Crippen LogP) is 2.29. The summed E-state index contributed by atoms with van der Waals surface area (Å²) in [5, 5.41) is 0. The lowest BCUT2D eigenvalue weighted by molar-refractivity contribution is -0.117. The van der Waals surface area contributed by atoms with Crippen molar-refractivity contribution in [2.45, 2.75) is 39.5 Å². The number of carbonyl (C=O) groups is 1. The summed E-state index contributed by atoms with van der Waals surface area (Å²) in [6.07, 6.45) is 0.501. The maximum Gasteiger partial charge on any atom is 0.232 e. The summed E-state index contributed by atoms with van der Waals surface area (Å²) in [5.41, 5.74) is 2.12. The maximum absolute atomic E-state index is 11.7. The summed E-state index contributed by atoms with van der Waals surface area (Å²) >= 11 is 0. The van der Waals surface area contributed by atoms with E-state index in [1.54, 1.807) is 4.90 Å². The van der Waals surface area contributed by atoms with Crippen LogP contribution in [0.4, 0.5) is 5.82 Å². The van der Waals surface area contributed by atoms with E-state index in [-0.39, 0.29) is 11.3 Å². The van der Waals surface area contributed by atoms with Crippen LogP contribution in [-0.4, -0.2) is 17.4 Å². The average molecular weight is 218 g/mol. The van der Waals surface area contributed by atoms with Gasteiger partial charge in [0.05, 0.1) is 6.42 Å². The lowest BCUT2D eigenvalue weighted by Crippen LogP contribution is -2.27. The first-order valence-electron chi connectivity index (χ1n) is 5.74. The van der Waals surface area contributed by atoms with Gasteiger partial charge in [0.15, 0.2) is 0 Å². The zero-order chi connectivity index (χ0) is 11.9. The molecular formula is C13H18N2O. The maximum atomic E-state index is 11.7. The minimum Gasteiger partial charge on any atom is -0.297 e. The fourth-order valence-electron chi connectivity index (χ4n) is 1.97. The van der Waals surface area contributed by atoms with Gasteiger partial charge in [-0.25, -0.2) is 4.98 Å². The van der Waals surface area contributed by atoms with Gasteiger partial charge in [-0.1, -0.05) is 26.8 Å². The molecule has 0 unspecified atom stereocenters. The van der Waals surface area contributed by atoms with Crippen molar-refractivity contribution in [3.8, 4) is 0 Å². The van der Waals surface area contributed by atoms with Crippen molar-refractivity contribution in [1.29, 1.82) is 0 Å². The number of anilines is 1. The number of nitrogens with zero attached hydrogens (tertiary/aromatic N) is 2. The highest BCUT2D eigenvalue weighted by Crippen LogP contribution is 2.30. The second-order valence-electron chi connectivity index (χ2n) is 5.24. The quantitative estimate of drug-likeness (QED) is 0.724. The Morgan fingerprint density at radius 1 is 1.38 bits per heavy atom. The van der Waals surface area contributed by atoms with Gasteiger partial charge in [-0.15, -0.1) is 0 Å². The zero-order valence-corrected chi connectivity index (χ0v) is 10.4. The van der Waals surface area contributed by atoms with Crippen molar-refractivity contribution in [3.05, 3.63) is 23.4 Å². The molecule has 3 nitrogen and oxygen atoms in total. The highest BCUT2D eigenvalue weighted by Gasteiger charge is 2.29. The second kappa shape index (κ2) is 3.58. The molecule has 16 heavy (non-hydrogen) atoms.